The number of carbonyl (C=O) groups excluding carboxylic acids is 4. The highest BCUT2D eigenvalue weighted by atomic mass is 16.2. The average molecular weight is 230 g/mol. The lowest BCUT2D eigenvalue weighted by Crippen LogP contribution is -2.59. The summed E-state index contributed by atoms with van der Waals surface area (Å²) in [4.78, 5) is 43.4. The molecule has 0 heterocycles. The van der Waals surface area contributed by atoms with Crippen LogP contribution in [0.2, 0.25) is 0 Å². The van der Waals surface area contributed by atoms with Gasteiger partial charge in [-0.15, -0.1) is 0 Å². The molecule has 0 aromatic heterocycles. The molecular formula is C8H14N4O4. The second-order valence-corrected chi connectivity index (χ2v) is 3.58. The van der Waals surface area contributed by atoms with Gasteiger partial charge in [0.2, 0.25) is 5.91 Å². The summed E-state index contributed by atoms with van der Waals surface area (Å²) >= 11 is 0. The van der Waals surface area contributed by atoms with E-state index in [1.165, 1.54) is 13.8 Å². The Labute approximate surface area is 91.9 Å². The number of rotatable bonds is 2. The molecule has 0 aliphatic heterocycles. The molecular weight excluding hydrogens is 216 g/mol. The van der Waals surface area contributed by atoms with Crippen LogP contribution in [0.1, 0.15) is 20.8 Å². The van der Waals surface area contributed by atoms with Crippen molar-refractivity contribution in [1.29, 1.82) is 0 Å². The SMILES string of the molecule is CC(=O)NC(=O)NC(C)(C)C(=O)NC(N)=O. The molecule has 0 radical (unpaired) electrons. The van der Waals surface area contributed by atoms with E-state index in [9.17, 15) is 19.2 Å². The molecule has 0 aromatic rings. The first-order valence-electron chi connectivity index (χ1n) is 4.36. The van der Waals surface area contributed by atoms with Crippen molar-refractivity contribution >= 4 is 23.9 Å². The van der Waals surface area contributed by atoms with Crippen molar-refractivity contribution in [3.8, 4) is 0 Å². The summed E-state index contributed by atoms with van der Waals surface area (Å²) in [5.41, 5.74) is 3.38. The molecule has 0 aliphatic rings. The minimum atomic E-state index is -1.37. The third-order valence-corrected chi connectivity index (χ3v) is 1.52. The summed E-state index contributed by atoms with van der Waals surface area (Å²) in [5, 5.41) is 5.94. The van der Waals surface area contributed by atoms with Gasteiger partial charge in [0.25, 0.3) is 5.91 Å². The van der Waals surface area contributed by atoms with Gasteiger partial charge in [-0.1, -0.05) is 0 Å². The Morgan fingerprint density at radius 2 is 1.56 bits per heavy atom. The molecule has 16 heavy (non-hydrogen) atoms. The number of imide groups is 2. The van der Waals surface area contributed by atoms with E-state index >= 15 is 0 Å². The number of urea groups is 2. The third-order valence-electron chi connectivity index (χ3n) is 1.52. The monoisotopic (exact) mass is 230 g/mol. The Hall–Kier alpha value is -2.12. The molecule has 90 valence electrons. The molecule has 0 aromatic carbocycles. The minimum absolute atomic E-state index is 0.566. The largest absolute Gasteiger partial charge is 0.351 e. The molecule has 0 spiro atoms. The molecule has 0 aliphatic carbocycles. The fourth-order valence-corrected chi connectivity index (χ4v) is 0.800. The van der Waals surface area contributed by atoms with Crippen LogP contribution in [0.4, 0.5) is 9.59 Å². The first-order valence-corrected chi connectivity index (χ1v) is 4.36. The van der Waals surface area contributed by atoms with Gasteiger partial charge in [-0.05, 0) is 13.8 Å². The summed E-state index contributed by atoms with van der Waals surface area (Å²) in [6.45, 7) is 3.85. The second-order valence-electron chi connectivity index (χ2n) is 3.58. The maximum absolute atomic E-state index is 11.4. The van der Waals surface area contributed by atoms with E-state index in [1.807, 2.05) is 10.6 Å². The third kappa shape index (κ3) is 4.94. The lowest BCUT2D eigenvalue weighted by molar-refractivity contribution is -0.125. The van der Waals surface area contributed by atoms with Gasteiger partial charge in [0, 0.05) is 6.92 Å². The zero-order chi connectivity index (χ0) is 12.9. The normalized spacial score (nSPS) is 10.2. The maximum atomic E-state index is 11.4. The summed E-state index contributed by atoms with van der Waals surface area (Å²) in [6, 6.07) is -1.86. The number of hydrogen-bond donors (Lipinski definition) is 4. The zero-order valence-electron chi connectivity index (χ0n) is 9.21. The number of primary amides is 1. The van der Waals surface area contributed by atoms with Crippen molar-refractivity contribution in [3.05, 3.63) is 0 Å². The van der Waals surface area contributed by atoms with E-state index in [0.29, 0.717) is 0 Å². The summed E-state index contributed by atoms with van der Waals surface area (Å²) in [7, 11) is 0. The van der Waals surface area contributed by atoms with Crippen LogP contribution >= 0.6 is 0 Å². The molecule has 5 N–H and O–H groups in total. The van der Waals surface area contributed by atoms with Gasteiger partial charge in [-0.25, -0.2) is 9.59 Å². The quantitative estimate of drug-likeness (QED) is 0.474. The topological polar surface area (TPSA) is 130 Å². The summed E-state index contributed by atoms with van der Waals surface area (Å²) in [6.07, 6.45) is 0. The Bertz CT molecular complexity index is 337. The number of nitrogens with two attached hydrogens (primary N) is 1. The standard InChI is InChI=1S/C8H14N4O4/c1-4(13)10-7(16)12-8(2,3)5(14)11-6(9)15/h1-3H3,(H3,9,11,14,15)(H2,10,12,13,16). The smallest absolute Gasteiger partial charge is 0.322 e. The van der Waals surface area contributed by atoms with E-state index in [-0.39, 0.29) is 0 Å². The number of carbonyl (C=O) groups is 4. The van der Waals surface area contributed by atoms with Crippen LogP contribution < -0.4 is 21.7 Å². The number of nitrogens with one attached hydrogen (secondary N) is 3. The molecule has 0 atom stereocenters. The van der Waals surface area contributed by atoms with Gasteiger partial charge in [-0.3, -0.25) is 20.2 Å². The second kappa shape index (κ2) is 5.10. The lowest BCUT2D eigenvalue weighted by atomic mass is 10.1. The van der Waals surface area contributed by atoms with Gasteiger partial charge in [0.05, 0.1) is 0 Å². The summed E-state index contributed by atoms with van der Waals surface area (Å²) < 4.78 is 0. The fourth-order valence-electron chi connectivity index (χ4n) is 0.800. The van der Waals surface area contributed by atoms with E-state index in [2.05, 4.69) is 5.32 Å². The van der Waals surface area contributed by atoms with Crippen molar-refractivity contribution in [1.82, 2.24) is 16.0 Å². The summed E-state index contributed by atoms with van der Waals surface area (Å²) in [5.74, 6) is -1.35. The molecule has 8 nitrogen and oxygen atoms in total. The van der Waals surface area contributed by atoms with Crippen LogP contribution in [0.15, 0.2) is 0 Å². The first kappa shape index (κ1) is 13.9. The maximum Gasteiger partial charge on any atom is 0.322 e. The molecule has 0 rings (SSSR count). The fraction of sp³-hybridized carbons (Fsp3) is 0.500. The van der Waals surface area contributed by atoms with Gasteiger partial charge < -0.3 is 11.1 Å². The van der Waals surface area contributed by atoms with E-state index in [4.69, 9.17) is 5.73 Å². The van der Waals surface area contributed by atoms with Crippen molar-refractivity contribution < 1.29 is 19.2 Å². The first-order chi connectivity index (χ1) is 7.15. The van der Waals surface area contributed by atoms with E-state index < -0.39 is 29.4 Å². The van der Waals surface area contributed by atoms with Gasteiger partial charge in [0.15, 0.2) is 0 Å². The van der Waals surface area contributed by atoms with E-state index in [1.54, 1.807) is 0 Å². The molecule has 0 saturated carbocycles. The Morgan fingerprint density at radius 3 is 1.94 bits per heavy atom. The molecule has 6 amide bonds. The Morgan fingerprint density at radius 1 is 1.06 bits per heavy atom. The van der Waals surface area contributed by atoms with Crippen LogP contribution in [0.3, 0.4) is 0 Å². The molecule has 8 heteroatoms. The van der Waals surface area contributed by atoms with Crippen LogP contribution in [0.25, 0.3) is 0 Å². The minimum Gasteiger partial charge on any atom is -0.351 e. The van der Waals surface area contributed by atoms with Crippen LogP contribution in [-0.2, 0) is 9.59 Å². The Kier molecular flexibility index (Phi) is 4.42. The predicted molar refractivity (Wildman–Crippen MR) is 54.2 cm³/mol. The van der Waals surface area contributed by atoms with Gasteiger partial charge >= 0.3 is 12.1 Å². The predicted octanol–water partition coefficient (Wildman–Crippen LogP) is -1.19. The number of hydrogen-bond acceptors (Lipinski definition) is 4. The molecule has 0 bridgehead atoms. The highest BCUT2D eigenvalue weighted by Gasteiger charge is 2.30. The van der Waals surface area contributed by atoms with Gasteiger partial charge in [0.1, 0.15) is 5.54 Å². The van der Waals surface area contributed by atoms with Crippen molar-refractivity contribution in [3.63, 3.8) is 0 Å². The van der Waals surface area contributed by atoms with Crippen molar-refractivity contribution in [2.45, 2.75) is 26.3 Å². The molecule has 0 saturated heterocycles. The molecule has 0 fully saturated rings. The highest BCUT2D eigenvalue weighted by molar-refractivity contribution is 6.01. The van der Waals surface area contributed by atoms with Crippen LogP contribution in [-0.4, -0.2) is 29.4 Å². The van der Waals surface area contributed by atoms with Crippen molar-refractivity contribution in [2.24, 2.45) is 5.73 Å². The van der Waals surface area contributed by atoms with Crippen LogP contribution in [0, 0.1) is 0 Å². The average Bonchev–Trinajstić information content (AvgIpc) is 1.98. The van der Waals surface area contributed by atoms with Crippen LogP contribution in [0.5, 0.6) is 0 Å². The number of amides is 6. The highest BCUT2D eigenvalue weighted by Crippen LogP contribution is 2.01. The van der Waals surface area contributed by atoms with Crippen molar-refractivity contribution in [2.75, 3.05) is 0 Å². The zero-order valence-corrected chi connectivity index (χ0v) is 9.21. The lowest BCUT2D eigenvalue weighted by Gasteiger charge is -2.23. The Balaban J connectivity index is 4.44. The van der Waals surface area contributed by atoms with Gasteiger partial charge in [-0.2, -0.15) is 0 Å². The van der Waals surface area contributed by atoms with E-state index in [0.717, 1.165) is 6.92 Å². The molecule has 0 unspecified atom stereocenters.